The van der Waals surface area contributed by atoms with E-state index in [-0.39, 0.29) is 0 Å². The molecule has 42 heavy (non-hydrogen) atoms. The summed E-state index contributed by atoms with van der Waals surface area (Å²) in [4.78, 5) is 4.73. The first-order chi connectivity index (χ1) is 20.8. The summed E-state index contributed by atoms with van der Waals surface area (Å²) >= 11 is 1.87. The van der Waals surface area contributed by atoms with Crippen LogP contribution in [0.3, 0.4) is 0 Å². The standard InChI is InChI=1S/C38H25N3S/c1-2-10-28(11-3-1)40-32-13-5-7-15-34(32)41(35-16-8-6-14-33(35)40)29-20-18-27(19-21-29)39-23-22-26-24-31-30-12-4-9-17-37(30)42-38(31)25-36(26)39/h1-25H. The molecule has 0 saturated carbocycles. The van der Waals surface area contributed by atoms with Crippen LogP contribution in [-0.4, -0.2) is 4.57 Å². The van der Waals surface area contributed by atoms with Gasteiger partial charge in [0.05, 0.1) is 28.3 Å². The Hall–Kier alpha value is -5.32. The molecule has 0 bridgehead atoms. The van der Waals surface area contributed by atoms with E-state index in [1.807, 2.05) is 11.3 Å². The van der Waals surface area contributed by atoms with E-state index < -0.39 is 0 Å². The van der Waals surface area contributed by atoms with Gasteiger partial charge in [0.25, 0.3) is 0 Å². The van der Waals surface area contributed by atoms with Gasteiger partial charge < -0.3 is 14.4 Å². The van der Waals surface area contributed by atoms with Crippen molar-refractivity contribution in [3.05, 3.63) is 152 Å². The van der Waals surface area contributed by atoms with E-state index in [1.165, 1.54) is 31.1 Å². The van der Waals surface area contributed by atoms with Crippen LogP contribution >= 0.6 is 11.3 Å². The van der Waals surface area contributed by atoms with E-state index in [0.717, 1.165) is 39.8 Å². The molecule has 4 heteroatoms. The van der Waals surface area contributed by atoms with Gasteiger partial charge in [-0.1, -0.05) is 60.7 Å². The molecule has 0 saturated heterocycles. The Kier molecular flexibility index (Phi) is 5.07. The van der Waals surface area contributed by atoms with Crippen molar-refractivity contribution in [1.29, 1.82) is 0 Å². The summed E-state index contributed by atoms with van der Waals surface area (Å²) in [5.41, 5.74) is 9.31. The average Bonchev–Trinajstić information content (AvgIpc) is 3.63. The molecular weight excluding hydrogens is 531 g/mol. The second-order valence-corrected chi connectivity index (χ2v) is 11.8. The molecule has 9 rings (SSSR count). The maximum atomic E-state index is 2.38. The summed E-state index contributed by atoms with van der Waals surface area (Å²) in [7, 11) is 0. The van der Waals surface area contributed by atoms with Crippen molar-refractivity contribution in [3.63, 3.8) is 0 Å². The molecule has 0 atom stereocenters. The van der Waals surface area contributed by atoms with Gasteiger partial charge in [-0.15, -0.1) is 11.3 Å². The number of hydrogen-bond donors (Lipinski definition) is 0. The smallest absolute Gasteiger partial charge is 0.0703 e. The lowest BCUT2D eigenvalue weighted by molar-refractivity contribution is 1.12. The molecule has 198 valence electrons. The molecule has 8 aromatic rings. The van der Waals surface area contributed by atoms with Gasteiger partial charge in [0.15, 0.2) is 0 Å². The molecular formula is C38H25N3S. The second kappa shape index (κ2) is 9.10. The van der Waals surface area contributed by atoms with E-state index in [1.54, 1.807) is 0 Å². The van der Waals surface area contributed by atoms with E-state index >= 15 is 0 Å². The van der Waals surface area contributed by atoms with Crippen molar-refractivity contribution in [2.45, 2.75) is 0 Å². The fourth-order valence-electron chi connectivity index (χ4n) is 6.42. The number of thiophene rings is 1. The number of nitrogens with zero attached hydrogens (tertiary/aromatic N) is 3. The van der Waals surface area contributed by atoms with Crippen molar-refractivity contribution in [1.82, 2.24) is 4.57 Å². The third-order valence-corrected chi connectivity index (χ3v) is 9.45. The predicted octanol–water partition coefficient (Wildman–Crippen LogP) is 11.3. The molecule has 0 radical (unpaired) electrons. The Labute approximate surface area is 247 Å². The summed E-state index contributed by atoms with van der Waals surface area (Å²) < 4.78 is 4.96. The number of para-hydroxylation sites is 5. The molecule has 0 amide bonds. The van der Waals surface area contributed by atoms with Crippen LogP contribution in [0.2, 0.25) is 0 Å². The number of anilines is 6. The molecule has 3 heterocycles. The highest BCUT2D eigenvalue weighted by Crippen LogP contribution is 2.53. The fraction of sp³-hybridized carbons (Fsp3) is 0. The minimum Gasteiger partial charge on any atom is -0.317 e. The van der Waals surface area contributed by atoms with Crippen LogP contribution < -0.4 is 9.80 Å². The van der Waals surface area contributed by atoms with Crippen molar-refractivity contribution < 1.29 is 0 Å². The SMILES string of the molecule is c1ccc(N2c3ccccc3N(c3ccc(-n4ccc5cc6c(cc54)sc4ccccc46)cc3)c3ccccc32)cc1. The minimum absolute atomic E-state index is 1.13. The van der Waals surface area contributed by atoms with Gasteiger partial charge in [0.2, 0.25) is 0 Å². The van der Waals surface area contributed by atoms with E-state index in [9.17, 15) is 0 Å². The van der Waals surface area contributed by atoms with Crippen LogP contribution in [0, 0.1) is 0 Å². The summed E-state index contributed by atoms with van der Waals surface area (Å²) in [5.74, 6) is 0. The van der Waals surface area contributed by atoms with Crippen molar-refractivity contribution in [3.8, 4) is 5.69 Å². The normalized spacial score (nSPS) is 12.7. The van der Waals surface area contributed by atoms with Gasteiger partial charge in [0, 0.05) is 48.8 Å². The molecule has 2 aromatic heterocycles. The van der Waals surface area contributed by atoms with E-state index in [0.29, 0.717) is 0 Å². The lowest BCUT2D eigenvalue weighted by atomic mass is 10.0. The van der Waals surface area contributed by atoms with Crippen LogP contribution in [-0.2, 0) is 0 Å². The van der Waals surface area contributed by atoms with E-state index in [2.05, 4.69) is 166 Å². The number of rotatable bonds is 3. The molecule has 6 aromatic carbocycles. The molecule has 3 nitrogen and oxygen atoms in total. The summed E-state index contributed by atoms with van der Waals surface area (Å²) in [5, 5.41) is 3.93. The van der Waals surface area contributed by atoms with Gasteiger partial charge >= 0.3 is 0 Å². The minimum atomic E-state index is 1.13. The van der Waals surface area contributed by atoms with Gasteiger partial charge in [0.1, 0.15) is 0 Å². The molecule has 0 spiro atoms. The number of hydrogen-bond acceptors (Lipinski definition) is 3. The largest absolute Gasteiger partial charge is 0.317 e. The zero-order chi connectivity index (χ0) is 27.6. The van der Waals surface area contributed by atoms with Crippen LogP contribution in [0.1, 0.15) is 0 Å². The zero-order valence-electron chi connectivity index (χ0n) is 22.7. The van der Waals surface area contributed by atoms with E-state index in [4.69, 9.17) is 0 Å². The molecule has 0 unspecified atom stereocenters. The van der Waals surface area contributed by atoms with Crippen molar-refractivity contribution in [2.24, 2.45) is 0 Å². The lowest BCUT2D eigenvalue weighted by Crippen LogP contribution is -2.23. The van der Waals surface area contributed by atoms with Gasteiger partial charge in [-0.2, -0.15) is 0 Å². The summed E-state index contributed by atoms with van der Waals surface area (Å²) in [6, 6.07) is 52.5. The van der Waals surface area contributed by atoms with Crippen LogP contribution in [0.4, 0.5) is 34.1 Å². The third kappa shape index (κ3) is 3.46. The quantitative estimate of drug-likeness (QED) is 0.215. The van der Waals surface area contributed by atoms with Crippen molar-refractivity contribution in [2.75, 3.05) is 9.80 Å². The monoisotopic (exact) mass is 555 g/mol. The first kappa shape index (κ1) is 23.4. The molecule has 1 aliphatic heterocycles. The van der Waals surface area contributed by atoms with Gasteiger partial charge in [-0.3, -0.25) is 0 Å². The third-order valence-electron chi connectivity index (χ3n) is 8.32. The topological polar surface area (TPSA) is 11.4 Å². The first-order valence-electron chi connectivity index (χ1n) is 14.2. The Bertz CT molecular complexity index is 2210. The highest BCUT2D eigenvalue weighted by molar-refractivity contribution is 7.25. The number of fused-ring (bicyclic) bond motifs is 6. The van der Waals surface area contributed by atoms with Gasteiger partial charge in [-0.25, -0.2) is 0 Å². The average molecular weight is 556 g/mol. The first-order valence-corrected chi connectivity index (χ1v) is 15.0. The molecule has 0 N–H and O–H groups in total. The maximum Gasteiger partial charge on any atom is 0.0703 e. The highest BCUT2D eigenvalue weighted by atomic mass is 32.1. The Morgan fingerprint density at radius 3 is 1.62 bits per heavy atom. The maximum absolute atomic E-state index is 2.38. The Morgan fingerprint density at radius 1 is 0.405 bits per heavy atom. The number of aromatic nitrogens is 1. The fourth-order valence-corrected chi connectivity index (χ4v) is 7.54. The van der Waals surface area contributed by atoms with Crippen LogP contribution in [0.5, 0.6) is 0 Å². The molecule has 0 aliphatic carbocycles. The Morgan fingerprint density at radius 2 is 0.952 bits per heavy atom. The Balaban J connectivity index is 1.15. The second-order valence-electron chi connectivity index (χ2n) is 10.7. The molecule has 1 aliphatic rings. The van der Waals surface area contributed by atoms with Crippen LogP contribution in [0.25, 0.3) is 36.8 Å². The highest BCUT2D eigenvalue weighted by Gasteiger charge is 2.29. The molecule has 0 fully saturated rings. The predicted molar refractivity (Wildman–Crippen MR) is 179 cm³/mol. The zero-order valence-corrected chi connectivity index (χ0v) is 23.5. The number of benzene rings is 6. The summed E-state index contributed by atoms with van der Waals surface area (Å²) in [6.07, 6.45) is 2.19. The van der Waals surface area contributed by atoms with Crippen molar-refractivity contribution >= 4 is 76.5 Å². The summed E-state index contributed by atoms with van der Waals surface area (Å²) in [6.45, 7) is 0. The lowest BCUT2D eigenvalue weighted by Gasteiger charge is -2.40. The van der Waals surface area contributed by atoms with Gasteiger partial charge in [-0.05, 0) is 84.9 Å². The van der Waals surface area contributed by atoms with Crippen LogP contribution in [0.15, 0.2) is 152 Å².